The standard InChI is InChI=1S/C18H25N5O4/c1-11(21-17(26)27-18(2,3)4)15(24)19-9-10-20-16(25)14-12-7-5-6-8-13(12)22-23-14/h5-8,11H,9-10H2,1-4H3,(H,19,24)(H,20,25)(H,21,26)(H,22,23). The first-order valence-corrected chi connectivity index (χ1v) is 8.66. The van der Waals surface area contributed by atoms with Crippen LogP contribution in [0.4, 0.5) is 4.79 Å². The Hall–Kier alpha value is -3.10. The highest BCUT2D eigenvalue weighted by Crippen LogP contribution is 2.14. The van der Waals surface area contributed by atoms with Gasteiger partial charge in [0.25, 0.3) is 5.91 Å². The van der Waals surface area contributed by atoms with Crippen molar-refractivity contribution in [3.63, 3.8) is 0 Å². The number of rotatable bonds is 6. The molecule has 0 aliphatic heterocycles. The molecule has 0 radical (unpaired) electrons. The van der Waals surface area contributed by atoms with Gasteiger partial charge in [0.05, 0.1) is 5.52 Å². The summed E-state index contributed by atoms with van der Waals surface area (Å²) >= 11 is 0. The first-order valence-electron chi connectivity index (χ1n) is 8.66. The van der Waals surface area contributed by atoms with E-state index in [1.807, 2.05) is 18.2 Å². The maximum Gasteiger partial charge on any atom is 0.408 e. The topological polar surface area (TPSA) is 125 Å². The molecule has 0 fully saturated rings. The van der Waals surface area contributed by atoms with E-state index in [2.05, 4.69) is 26.1 Å². The molecule has 1 aromatic heterocycles. The number of H-pyrrole nitrogens is 1. The highest BCUT2D eigenvalue weighted by Gasteiger charge is 2.21. The fourth-order valence-electron chi connectivity index (χ4n) is 2.28. The average Bonchev–Trinajstić information content (AvgIpc) is 3.00. The number of para-hydroxylation sites is 1. The summed E-state index contributed by atoms with van der Waals surface area (Å²) in [6.07, 6.45) is -0.663. The number of aromatic nitrogens is 2. The predicted molar refractivity (Wildman–Crippen MR) is 100 cm³/mol. The smallest absolute Gasteiger partial charge is 0.408 e. The second-order valence-electron chi connectivity index (χ2n) is 7.03. The third-order valence-electron chi connectivity index (χ3n) is 3.52. The molecule has 2 aromatic rings. The Labute approximate surface area is 157 Å². The maximum atomic E-state index is 12.2. The van der Waals surface area contributed by atoms with Crippen LogP contribution in [0.25, 0.3) is 10.9 Å². The zero-order valence-corrected chi connectivity index (χ0v) is 15.9. The van der Waals surface area contributed by atoms with E-state index in [4.69, 9.17) is 4.74 Å². The summed E-state index contributed by atoms with van der Waals surface area (Å²) in [5, 5.41) is 15.3. The normalized spacial score (nSPS) is 12.3. The number of amides is 3. The molecule has 1 heterocycles. The second-order valence-corrected chi connectivity index (χ2v) is 7.03. The molecule has 9 nitrogen and oxygen atoms in total. The highest BCUT2D eigenvalue weighted by molar-refractivity contribution is 6.04. The molecule has 1 aromatic carbocycles. The quantitative estimate of drug-likeness (QED) is 0.567. The summed E-state index contributed by atoms with van der Waals surface area (Å²) in [7, 11) is 0. The molecule has 9 heteroatoms. The van der Waals surface area contributed by atoms with Gasteiger partial charge in [0.1, 0.15) is 11.6 Å². The van der Waals surface area contributed by atoms with Crippen molar-refractivity contribution in [3.8, 4) is 0 Å². The van der Waals surface area contributed by atoms with Gasteiger partial charge in [-0.1, -0.05) is 18.2 Å². The highest BCUT2D eigenvalue weighted by atomic mass is 16.6. The second kappa shape index (κ2) is 8.52. The number of fused-ring (bicyclic) bond motifs is 1. The van der Waals surface area contributed by atoms with Crippen LogP contribution < -0.4 is 16.0 Å². The average molecular weight is 375 g/mol. The van der Waals surface area contributed by atoms with Crippen LogP contribution in [0.1, 0.15) is 38.2 Å². The van der Waals surface area contributed by atoms with Crippen molar-refractivity contribution in [2.45, 2.75) is 39.3 Å². The van der Waals surface area contributed by atoms with Gasteiger partial charge in [-0.15, -0.1) is 0 Å². The van der Waals surface area contributed by atoms with E-state index in [0.717, 1.165) is 10.9 Å². The number of nitrogens with one attached hydrogen (secondary N) is 4. The van der Waals surface area contributed by atoms with Gasteiger partial charge in [0.15, 0.2) is 5.69 Å². The lowest BCUT2D eigenvalue weighted by Crippen LogP contribution is -2.47. The number of alkyl carbamates (subject to hydrolysis) is 1. The largest absolute Gasteiger partial charge is 0.444 e. The van der Waals surface area contributed by atoms with Gasteiger partial charge < -0.3 is 20.7 Å². The molecule has 146 valence electrons. The fraction of sp³-hybridized carbons (Fsp3) is 0.444. The van der Waals surface area contributed by atoms with E-state index in [1.165, 1.54) is 0 Å². The van der Waals surface area contributed by atoms with E-state index in [0.29, 0.717) is 5.69 Å². The molecule has 3 amide bonds. The van der Waals surface area contributed by atoms with Crippen LogP contribution in [-0.4, -0.2) is 52.8 Å². The van der Waals surface area contributed by atoms with Crippen molar-refractivity contribution in [2.75, 3.05) is 13.1 Å². The van der Waals surface area contributed by atoms with Gasteiger partial charge in [0.2, 0.25) is 5.91 Å². The first kappa shape index (κ1) is 20.2. The Kier molecular flexibility index (Phi) is 6.38. The number of carbonyl (C=O) groups excluding carboxylic acids is 3. The van der Waals surface area contributed by atoms with Crippen LogP contribution in [0.5, 0.6) is 0 Å². The SMILES string of the molecule is CC(NC(=O)OC(C)(C)C)C(=O)NCCNC(=O)c1n[nH]c2ccccc12. The Bertz CT molecular complexity index is 825. The maximum absolute atomic E-state index is 12.2. The fourth-order valence-corrected chi connectivity index (χ4v) is 2.28. The van der Waals surface area contributed by atoms with Gasteiger partial charge in [-0.05, 0) is 33.8 Å². The number of ether oxygens (including phenoxy) is 1. The van der Waals surface area contributed by atoms with Crippen molar-refractivity contribution in [2.24, 2.45) is 0 Å². The number of hydrogen-bond acceptors (Lipinski definition) is 5. The minimum atomic E-state index is -0.758. The minimum Gasteiger partial charge on any atom is -0.444 e. The van der Waals surface area contributed by atoms with E-state index < -0.39 is 17.7 Å². The van der Waals surface area contributed by atoms with Crippen LogP contribution in [0.2, 0.25) is 0 Å². The van der Waals surface area contributed by atoms with E-state index in [1.54, 1.807) is 33.8 Å². The van der Waals surface area contributed by atoms with Gasteiger partial charge in [-0.25, -0.2) is 4.79 Å². The summed E-state index contributed by atoms with van der Waals surface area (Å²) in [5.74, 6) is -0.707. The number of nitrogens with zero attached hydrogens (tertiary/aromatic N) is 1. The summed E-state index contributed by atoms with van der Waals surface area (Å²) in [6, 6.07) is 6.56. The Morgan fingerprint density at radius 1 is 1.15 bits per heavy atom. The third-order valence-corrected chi connectivity index (χ3v) is 3.52. The molecule has 0 aliphatic rings. The molecule has 2 rings (SSSR count). The van der Waals surface area contributed by atoms with E-state index >= 15 is 0 Å². The Morgan fingerprint density at radius 3 is 2.52 bits per heavy atom. The lowest BCUT2D eigenvalue weighted by molar-refractivity contribution is -0.122. The van der Waals surface area contributed by atoms with Crippen LogP contribution in [0, 0.1) is 0 Å². The van der Waals surface area contributed by atoms with Crippen LogP contribution in [-0.2, 0) is 9.53 Å². The molecule has 1 unspecified atom stereocenters. The molecule has 1 atom stereocenters. The number of carbonyl (C=O) groups is 3. The van der Waals surface area contributed by atoms with Gasteiger partial charge >= 0.3 is 6.09 Å². The monoisotopic (exact) mass is 375 g/mol. The number of hydrogen-bond donors (Lipinski definition) is 4. The Balaban J connectivity index is 1.73. The molecule has 0 bridgehead atoms. The van der Waals surface area contributed by atoms with Crippen molar-refractivity contribution in [1.82, 2.24) is 26.1 Å². The minimum absolute atomic E-state index is 0.216. The Morgan fingerprint density at radius 2 is 1.81 bits per heavy atom. The van der Waals surface area contributed by atoms with E-state index in [-0.39, 0.29) is 24.9 Å². The van der Waals surface area contributed by atoms with Crippen LogP contribution in [0.3, 0.4) is 0 Å². The lowest BCUT2D eigenvalue weighted by atomic mass is 10.2. The first-order chi connectivity index (χ1) is 12.7. The molecular weight excluding hydrogens is 350 g/mol. The molecule has 0 spiro atoms. The van der Waals surface area contributed by atoms with Crippen molar-refractivity contribution < 1.29 is 19.1 Å². The predicted octanol–water partition coefficient (Wildman–Crippen LogP) is 1.32. The molecule has 27 heavy (non-hydrogen) atoms. The van der Waals surface area contributed by atoms with E-state index in [9.17, 15) is 14.4 Å². The third kappa shape index (κ3) is 5.98. The zero-order chi connectivity index (χ0) is 20.0. The number of benzene rings is 1. The summed E-state index contributed by atoms with van der Waals surface area (Å²) < 4.78 is 5.10. The molecule has 0 saturated carbocycles. The molecule has 0 aliphatic carbocycles. The van der Waals surface area contributed by atoms with Crippen molar-refractivity contribution in [1.29, 1.82) is 0 Å². The van der Waals surface area contributed by atoms with Crippen LogP contribution >= 0.6 is 0 Å². The zero-order valence-electron chi connectivity index (χ0n) is 15.9. The molecular formula is C18H25N5O4. The molecule has 0 saturated heterocycles. The van der Waals surface area contributed by atoms with Crippen molar-refractivity contribution in [3.05, 3.63) is 30.0 Å². The summed E-state index contributed by atoms with van der Waals surface area (Å²) in [4.78, 5) is 35.8. The molecule has 4 N–H and O–H groups in total. The van der Waals surface area contributed by atoms with Crippen molar-refractivity contribution >= 4 is 28.8 Å². The summed E-state index contributed by atoms with van der Waals surface area (Å²) in [6.45, 7) is 7.21. The van der Waals surface area contributed by atoms with Gasteiger partial charge in [0, 0.05) is 18.5 Å². The van der Waals surface area contributed by atoms with Gasteiger partial charge in [-0.3, -0.25) is 14.7 Å². The van der Waals surface area contributed by atoms with Crippen LogP contribution in [0.15, 0.2) is 24.3 Å². The lowest BCUT2D eigenvalue weighted by Gasteiger charge is -2.21. The summed E-state index contributed by atoms with van der Waals surface area (Å²) in [5.41, 5.74) is 0.441. The number of aromatic amines is 1. The van der Waals surface area contributed by atoms with Gasteiger partial charge in [-0.2, -0.15) is 5.10 Å².